The van der Waals surface area contributed by atoms with Gasteiger partial charge < -0.3 is 30.5 Å². The van der Waals surface area contributed by atoms with Crippen LogP contribution >= 0.6 is 0 Å². The van der Waals surface area contributed by atoms with Gasteiger partial charge in [-0.1, -0.05) is 32.9 Å². The maximum atomic E-state index is 13.1. The number of hydrogen-bond donors (Lipinski definition) is 4. The summed E-state index contributed by atoms with van der Waals surface area (Å²) in [7, 11) is 1.51. The first-order valence-electron chi connectivity index (χ1n) is 11.6. The van der Waals surface area contributed by atoms with Crippen LogP contribution in [0, 0.1) is 5.41 Å². The lowest BCUT2D eigenvalue weighted by Crippen LogP contribution is -2.36. The highest BCUT2D eigenvalue weighted by Gasteiger charge is 2.53. The number of nitrogens with one attached hydrogen (secondary N) is 3. The Balaban J connectivity index is 1.51. The number of aliphatic hydroxyl groups is 1. The molecule has 2 aromatic carbocycles. The lowest BCUT2D eigenvalue weighted by molar-refractivity contribution is -0.120. The SMILES string of the molecule is COc1cc(OCCO)ccc1NC(=O)C1CC2(CN1)C(=O)Nc1ccc(CC(C)(C)C)cc12. The molecule has 0 saturated carbocycles. The second-order valence-electron chi connectivity index (χ2n) is 10.2. The fraction of sp³-hybridized carbons (Fsp3) is 0.462. The van der Waals surface area contributed by atoms with Crippen LogP contribution in [0.4, 0.5) is 11.4 Å². The Kier molecular flexibility index (Phi) is 6.55. The molecule has 8 nitrogen and oxygen atoms in total. The Morgan fingerprint density at radius 2 is 2.03 bits per heavy atom. The summed E-state index contributed by atoms with van der Waals surface area (Å²) in [6, 6.07) is 10.7. The molecule has 8 heteroatoms. The molecule has 1 spiro atoms. The molecule has 1 fully saturated rings. The Bertz CT molecular complexity index is 1090. The largest absolute Gasteiger partial charge is 0.494 e. The summed E-state index contributed by atoms with van der Waals surface area (Å²) in [5.41, 5.74) is 2.84. The van der Waals surface area contributed by atoms with Gasteiger partial charge in [-0.3, -0.25) is 9.59 Å². The Labute approximate surface area is 200 Å². The molecule has 2 amide bonds. The molecule has 34 heavy (non-hydrogen) atoms. The van der Waals surface area contributed by atoms with E-state index in [0.29, 0.717) is 30.2 Å². The first-order valence-corrected chi connectivity index (χ1v) is 11.6. The minimum Gasteiger partial charge on any atom is -0.494 e. The number of carbonyl (C=O) groups is 2. The topological polar surface area (TPSA) is 109 Å². The summed E-state index contributed by atoms with van der Waals surface area (Å²) in [6.45, 7) is 7.05. The predicted octanol–water partition coefficient (Wildman–Crippen LogP) is 2.85. The fourth-order valence-electron chi connectivity index (χ4n) is 4.78. The lowest BCUT2D eigenvalue weighted by Gasteiger charge is -2.23. The molecule has 0 bridgehead atoms. The van der Waals surface area contributed by atoms with Crippen LogP contribution in [0.15, 0.2) is 36.4 Å². The monoisotopic (exact) mass is 467 g/mol. The summed E-state index contributed by atoms with van der Waals surface area (Å²) in [5, 5.41) is 18.1. The zero-order valence-electron chi connectivity index (χ0n) is 20.2. The van der Waals surface area contributed by atoms with Crippen LogP contribution < -0.4 is 25.4 Å². The summed E-state index contributed by atoms with van der Waals surface area (Å²) >= 11 is 0. The van der Waals surface area contributed by atoms with E-state index in [0.717, 1.165) is 17.7 Å². The molecular weight excluding hydrogens is 434 g/mol. The molecule has 2 aromatic rings. The van der Waals surface area contributed by atoms with Crippen LogP contribution in [0.1, 0.15) is 38.3 Å². The quantitative estimate of drug-likeness (QED) is 0.499. The third kappa shape index (κ3) is 4.74. The first kappa shape index (κ1) is 24.0. The Hall–Kier alpha value is -3.10. The van der Waals surface area contributed by atoms with Crippen LogP contribution in [-0.4, -0.2) is 49.8 Å². The number of hydrogen-bond acceptors (Lipinski definition) is 6. The molecule has 182 valence electrons. The van der Waals surface area contributed by atoms with E-state index in [4.69, 9.17) is 14.6 Å². The van der Waals surface area contributed by atoms with Crippen molar-refractivity contribution < 1.29 is 24.2 Å². The van der Waals surface area contributed by atoms with E-state index in [-0.39, 0.29) is 30.4 Å². The molecule has 0 radical (unpaired) electrons. The van der Waals surface area contributed by atoms with Crippen LogP contribution in [0.25, 0.3) is 0 Å². The van der Waals surface area contributed by atoms with Crippen molar-refractivity contribution in [1.82, 2.24) is 5.32 Å². The molecule has 2 aliphatic heterocycles. The molecule has 0 aromatic heterocycles. The van der Waals surface area contributed by atoms with Crippen molar-refractivity contribution in [1.29, 1.82) is 0 Å². The third-order valence-corrected chi connectivity index (χ3v) is 6.33. The van der Waals surface area contributed by atoms with Crippen LogP contribution in [0.2, 0.25) is 0 Å². The maximum Gasteiger partial charge on any atom is 0.241 e. The van der Waals surface area contributed by atoms with Gasteiger partial charge in [0.1, 0.15) is 18.1 Å². The van der Waals surface area contributed by atoms with Gasteiger partial charge in [0.25, 0.3) is 0 Å². The highest BCUT2D eigenvalue weighted by Crippen LogP contribution is 2.44. The van der Waals surface area contributed by atoms with Crippen molar-refractivity contribution in [2.45, 2.75) is 45.1 Å². The molecule has 4 N–H and O–H groups in total. The number of amides is 2. The summed E-state index contributed by atoms with van der Waals surface area (Å²) in [5.74, 6) is 0.687. The summed E-state index contributed by atoms with van der Waals surface area (Å²) in [4.78, 5) is 26.2. The Morgan fingerprint density at radius 3 is 2.74 bits per heavy atom. The van der Waals surface area contributed by atoms with Gasteiger partial charge in [-0.05, 0) is 47.6 Å². The van der Waals surface area contributed by atoms with Crippen molar-refractivity contribution >= 4 is 23.2 Å². The van der Waals surface area contributed by atoms with Crippen molar-refractivity contribution in [2.24, 2.45) is 5.41 Å². The van der Waals surface area contributed by atoms with Crippen LogP contribution in [0.3, 0.4) is 0 Å². The number of anilines is 2. The van der Waals surface area contributed by atoms with Crippen molar-refractivity contribution in [3.8, 4) is 11.5 Å². The van der Waals surface area contributed by atoms with Crippen LogP contribution in [-0.2, 0) is 21.4 Å². The average molecular weight is 468 g/mol. The van der Waals surface area contributed by atoms with Gasteiger partial charge in [-0.15, -0.1) is 0 Å². The molecule has 4 rings (SSSR count). The van der Waals surface area contributed by atoms with E-state index in [1.165, 1.54) is 12.7 Å². The summed E-state index contributed by atoms with van der Waals surface area (Å²) < 4.78 is 10.8. The van der Waals surface area contributed by atoms with Crippen LogP contribution in [0.5, 0.6) is 11.5 Å². The third-order valence-electron chi connectivity index (χ3n) is 6.33. The number of carbonyl (C=O) groups excluding carboxylic acids is 2. The van der Waals surface area contributed by atoms with Gasteiger partial charge in [-0.2, -0.15) is 0 Å². The van der Waals surface area contributed by atoms with E-state index in [2.05, 4.69) is 48.9 Å². The van der Waals surface area contributed by atoms with Gasteiger partial charge >= 0.3 is 0 Å². The normalized spacial score (nSPS) is 21.3. The predicted molar refractivity (Wildman–Crippen MR) is 131 cm³/mol. The highest BCUT2D eigenvalue weighted by atomic mass is 16.5. The first-order chi connectivity index (χ1) is 16.1. The van der Waals surface area contributed by atoms with Gasteiger partial charge in [-0.25, -0.2) is 0 Å². The zero-order chi connectivity index (χ0) is 24.5. The van der Waals surface area contributed by atoms with E-state index >= 15 is 0 Å². The smallest absolute Gasteiger partial charge is 0.241 e. The molecule has 2 atom stereocenters. The second kappa shape index (κ2) is 9.27. The summed E-state index contributed by atoms with van der Waals surface area (Å²) in [6.07, 6.45) is 1.27. The molecule has 2 unspecified atom stereocenters. The van der Waals surface area contributed by atoms with Gasteiger partial charge in [0.05, 0.1) is 30.9 Å². The van der Waals surface area contributed by atoms with Gasteiger partial charge in [0.2, 0.25) is 11.8 Å². The zero-order valence-corrected chi connectivity index (χ0v) is 20.2. The van der Waals surface area contributed by atoms with Gasteiger partial charge in [0.15, 0.2) is 0 Å². The number of ether oxygens (including phenoxy) is 2. The average Bonchev–Trinajstić information content (AvgIpc) is 3.35. The molecule has 1 saturated heterocycles. The lowest BCUT2D eigenvalue weighted by atomic mass is 9.78. The molecule has 2 aliphatic rings. The number of fused-ring (bicyclic) bond motifs is 2. The standard InChI is InChI=1S/C26H33N3O5/c1-25(2,3)13-16-5-7-19-18(11-16)26(24(32)29-19)14-21(27-15-26)23(31)28-20-8-6-17(34-10-9-30)12-22(20)33-4/h5-8,11-12,21,27,30H,9-10,13-15H2,1-4H3,(H,28,31)(H,29,32). The highest BCUT2D eigenvalue weighted by molar-refractivity contribution is 6.08. The number of aliphatic hydroxyl groups excluding tert-OH is 1. The number of benzene rings is 2. The minimum atomic E-state index is -0.767. The number of methoxy groups -OCH3 is 1. The maximum absolute atomic E-state index is 13.1. The van der Waals surface area contributed by atoms with Crippen molar-refractivity contribution in [3.63, 3.8) is 0 Å². The van der Waals surface area contributed by atoms with Gasteiger partial charge in [0, 0.05) is 18.3 Å². The van der Waals surface area contributed by atoms with E-state index < -0.39 is 11.5 Å². The minimum absolute atomic E-state index is 0.0684. The van der Waals surface area contributed by atoms with E-state index in [9.17, 15) is 9.59 Å². The van der Waals surface area contributed by atoms with E-state index in [1.807, 2.05) is 6.07 Å². The van der Waals surface area contributed by atoms with E-state index in [1.54, 1.807) is 18.2 Å². The molecule has 2 heterocycles. The molecule has 0 aliphatic carbocycles. The Morgan fingerprint density at radius 1 is 1.24 bits per heavy atom. The molecular formula is C26H33N3O5. The second-order valence-corrected chi connectivity index (χ2v) is 10.2. The fourth-order valence-corrected chi connectivity index (χ4v) is 4.78. The number of rotatable bonds is 7. The van der Waals surface area contributed by atoms with Crippen molar-refractivity contribution in [3.05, 3.63) is 47.5 Å². The van der Waals surface area contributed by atoms with Crippen molar-refractivity contribution in [2.75, 3.05) is 37.5 Å².